The summed E-state index contributed by atoms with van der Waals surface area (Å²) in [4.78, 5) is 25.1. The summed E-state index contributed by atoms with van der Waals surface area (Å²) in [7, 11) is 0. The van der Waals surface area contributed by atoms with E-state index in [0.29, 0.717) is 0 Å². The van der Waals surface area contributed by atoms with Gasteiger partial charge < -0.3 is 15.6 Å². The first-order valence-corrected chi connectivity index (χ1v) is 1.70. The maximum Gasteiger partial charge on any atom is 0.291 e. The van der Waals surface area contributed by atoms with Crippen molar-refractivity contribution in [2.75, 3.05) is 0 Å². The summed E-state index contributed by atoms with van der Waals surface area (Å²) in [5.74, 6) is 0. The minimum atomic E-state index is -1.50. The molecule has 0 fully saturated rings. The average molecular weight is 254 g/mol. The van der Waals surface area contributed by atoms with E-state index in [1.807, 2.05) is 0 Å². The summed E-state index contributed by atoms with van der Waals surface area (Å²) in [6, 6.07) is 0. The van der Waals surface area contributed by atoms with Gasteiger partial charge in [0.25, 0.3) is 15.3 Å². The first kappa shape index (κ1) is 22.5. The zero-order valence-electron chi connectivity index (χ0n) is 5.84. The Hall–Kier alpha value is -1.78. The predicted molar refractivity (Wildman–Crippen MR) is 26.3 cm³/mol. The van der Waals surface area contributed by atoms with Crippen LogP contribution >= 0.6 is 0 Å². The maximum atomic E-state index is 8.36. The van der Waals surface area contributed by atoms with Gasteiger partial charge in [-0.05, 0) is 0 Å². The Labute approximate surface area is 81.5 Å². The Morgan fingerprint density at radius 2 is 0.692 bits per heavy atom. The molecule has 0 saturated carbocycles. The molecule has 0 aromatic heterocycles. The first-order valence-electron chi connectivity index (χ1n) is 1.70. The van der Waals surface area contributed by atoms with Crippen LogP contribution in [0.4, 0.5) is 0 Å². The van der Waals surface area contributed by atoms with Crippen LogP contribution in [0, 0.1) is 30.3 Å². The third-order valence-corrected chi connectivity index (χ3v) is 0. The fourth-order valence-corrected chi connectivity index (χ4v) is 0. The number of hydrogen-bond acceptors (Lipinski definition) is 6. The molecule has 0 heterocycles. The average Bonchev–Trinajstić information content (AvgIpc) is 1.54. The van der Waals surface area contributed by atoms with Gasteiger partial charge in [0.15, 0.2) is 0 Å². The predicted octanol–water partition coefficient (Wildman–Crippen LogP) is -1.05. The van der Waals surface area contributed by atoms with Crippen LogP contribution in [0.3, 0.4) is 0 Å². The second-order valence-electron chi connectivity index (χ2n) is 0.714. The van der Waals surface area contributed by atoms with Crippen LogP contribution in [0.1, 0.15) is 0 Å². The fraction of sp³-hybridized carbons (Fsp3) is 0. The minimum Gasteiger partial charge on any atom is -0.328 e. The zero-order chi connectivity index (χ0) is 10.7. The van der Waals surface area contributed by atoms with Gasteiger partial charge in [-0.3, -0.25) is 0 Å². The normalized spacial score (nSPS) is 5.54. The molecule has 0 aromatic rings. The van der Waals surface area contributed by atoms with Gasteiger partial charge in [-0.15, -0.1) is 30.3 Å². The van der Waals surface area contributed by atoms with E-state index >= 15 is 0 Å². The van der Waals surface area contributed by atoms with Crippen LogP contribution < -0.4 is 0 Å². The summed E-state index contributed by atoms with van der Waals surface area (Å²) in [5.41, 5.74) is 0. The van der Waals surface area contributed by atoms with Gasteiger partial charge in [0.1, 0.15) is 0 Å². The van der Waals surface area contributed by atoms with E-state index in [-0.39, 0.29) is 19.5 Å². The molecule has 13 heavy (non-hydrogen) atoms. The topological polar surface area (TPSA) is 190 Å². The summed E-state index contributed by atoms with van der Waals surface area (Å²) in [5, 5.41) is 40.9. The Kier molecular flexibility index (Phi) is 28.8. The fourth-order valence-electron chi connectivity index (χ4n) is 0. The molecule has 0 bridgehead atoms. The van der Waals surface area contributed by atoms with Crippen molar-refractivity contribution >= 4 is 0 Å². The molecule has 0 unspecified atom stereocenters. The first-order chi connectivity index (χ1) is 5.20. The largest absolute Gasteiger partial charge is 0.328 e. The minimum absolute atomic E-state index is 0. The summed E-state index contributed by atoms with van der Waals surface area (Å²) < 4.78 is 0. The molecule has 12 nitrogen and oxygen atoms in total. The number of nitrogens with zero attached hydrogens (tertiary/aromatic N) is 3. The molecule has 0 spiro atoms. The third kappa shape index (κ3) is 219. The van der Waals surface area contributed by atoms with Crippen molar-refractivity contribution in [3.05, 3.63) is 30.3 Å². The van der Waals surface area contributed by atoms with Crippen molar-refractivity contribution in [2.24, 2.45) is 0 Å². The quantitative estimate of drug-likeness (QED) is 0.275. The molecule has 0 radical (unpaired) electrons. The van der Waals surface area contributed by atoms with Crippen molar-refractivity contribution < 1.29 is 50.4 Å². The van der Waals surface area contributed by atoms with Crippen molar-refractivity contribution in [3.8, 4) is 0 Å². The molecule has 0 aliphatic rings. The van der Waals surface area contributed by atoms with Crippen molar-refractivity contribution in [2.45, 2.75) is 0 Å². The molecule has 74 valence electrons. The summed E-state index contributed by atoms with van der Waals surface area (Å²) >= 11 is 0. The standard InChI is InChI=1S/3HNO3.Zn/c3*2-1(3)4;/h3*(H,2,3,4);. The molecule has 0 rings (SSSR count). The van der Waals surface area contributed by atoms with E-state index in [1.54, 1.807) is 0 Å². The zero-order valence-corrected chi connectivity index (χ0v) is 8.81. The molecule has 0 aliphatic heterocycles. The molecule has 0 amide bonds. The van der Waals surface area contributed by atoms with Gasteiger partial charge in [0, 0.05) is 19.5 Å². The molecule has 0 saturated heterocycles. The van der Waals surface area contributed by atoms with E-state index in [9.17, 15) is 0 Å². The molecular formula is H3N3O9Zn. The van der Waals surface area contributed by atoms with Crippen LogP contribution in [-0.4, -0.2) is 30.9 Å². The Balaban J connectivity index is -0.0000000450. The summed E-state index contributed by atoms with van der Waals surface area (Å²) in [6.45, 7) is 0. The molecule has 0 aliphatic carbocycles. The van der Waals surface area contributed by atoms with Crippen molar-refractivity contribution in [1.29, 1.82) is 0 Å². The van der Waals surface area contributed by atoms with Crippen molar-refractivity contribution in [3.63, 3.8) is 0 Å². The smallest absolute Gasteiger partial charge is 0.291 e. The SMILES string of the molecule is O=[N+]([O-])O.O=[N+]([O-])O.O=[N+]([O-])O.[Zn]. The molecular weight excluding hydrogens is 251 g/mol. The third-order valence-electron chi connectivity index (χ3n) is 0. The van der Waals surface area contributed by atoms with Gasteiger partial charge in [0.05, 0.1) is 0 Å². The van der Waals surface area contributed by atoms with E-state index in [4.69, 9.17) is 46.0 Å². The van der Waals surface area contributed by atoms with Gasteiger partial charge >= 0.3 is 0 Å². The Morgan fingerprint density at radius 1 is 0.692 bits per heavy atom. The van der Waals surface area contributed by atoms with E-state index < -0.39 is 15.3 Å². The maximum absolute atomic E-state index is 8.36. The van der Waals surface area contributed by atoms with Crippen LogP contribution in [0.5, 0.6) is 0 Å². The van der Waals surface area contributed by atoms with E-state index in [1.165, 1.54) is 0 Å². The molecule has 0 atom stereocenters. The monoisotopic (exact) mass is 253 g/mol. The van der Waals surface area contributed by atoms with Gasteiger partial charge in [0.2, 0.25) is 0 Å². The van der Waals surface area contributed by atoms with Crippen molar-refractivity contribution in [1.82, 2.24) is 0 Å². The van der Waals surface area contributed by atoms with Gasteiger partial charge in [-0.25, -0.2) is 0 Å². The van der Waals surface area contributed by atoms with Gasteiger partial charge in [-0.1, -0.05) is 0 Å². The van der Waals surface area contributed by atoms with Crippen LogP contribution in [0.15, 0.2) is 0 Å². The van der Waals surface area contributed by atoms with Gasteiger partial charge in [-0.2, -0.15) is 0 Å². The Morgan fingerprint density at radius 3 is 0.692 bits per heavy atom. The Bertz CT molecular complexity index is 112. The molecule has 13 heteroatoms. The summed E-state index contributed by atoms with van der Waals surface area (Å²) in [6.07, 6.45) is 0. The molecule has 3 N–H and O–H groups in total. The van der Waals surface area contributed by atoms with Crippen LogP contribution in [0.2, 0.25) is 0 Å². The number of rotatable bonds is 0. The second kappa shape index (κ2) is 16.7. The second-order valence-corrected chi connectivity index (χ2v) is 0.714. The van der Waals surface area contributed by atoms with Crippen LogP contribution in [-0.2, 0) is 19.5 Å². The van der Waals surface area contributed by atoms with E-state index in [0.717, 1.165) is 0 Å². The van der Waals surface area contributed by atoms with Crippen LogP contribution in [0.25, 0.3) is 0 Å². The molecule has 0 aromatic carbocycles. The number of hydrogen-bond donors (Lipinski definition) is 3. The van der Waals surface area contributed by atoms with E-state index in [2.05, 4.69) is 0 Å².